The summed E-state index contributed by atoms with van der Waals surface area (Å²) in [5.74, 6) is 0.710. The van der Waals surface area contributed by atoms with Gasteiger partial charge >= 0.3 is 0 Å². The number of hydrogen-bond donors (Lipinski definition) is 1. The molecular formula is C15H23N3. The van der Waals surface area contributed by atoms with E-state index in [-0.39, 0.29) is 0 Å². The summed E-state index contributed by atoms with van der Waals surface area (Å²) in [5, 5.41) is 8.88. The average molecular weight is 245 g/mol. The van der Waals surface area contributed by atoms with E-state index < -0.39 is 0 Å². The molecule has 0 amide bonds. The van der Waals surface area contributed by atoms with Crippen LogP contribution >= 0.6 is 0 Å². The molecule has 1 aromatic rings. The largest absolute Gasteiger partial charge is 0.398 e. The minimum absolute atomic E-state index is 0.553. The van der Waals surface area contributed by atoms with Crippen LogP contribution in [0.2, 0.25) is 0 Å². The molecular weight excluding hydrogens is 222 g/mol. The van der Waals surface area contributed by atoms with E-state index in [1.807, 2.05) is 12.1 Å². The van der Waals surface area contributed by atoms with Crippen LogP contribution in [-0.2, 0) is 0 Å². The zero-order valence-corrected chi connectivity index (χ0v) is 11.6. The van der Waals surface area contributed by atoms with Gasteiger partial charge in [0.1, 0.15) is 6.07 Å². The summed E-state index contributed by atoms with van der Waals surface area (Å²) < 4.78 is 0. The molecule has 0 atom stereocenters. The molecule has 0 aliphatic rings. The van der Waals surface area contributed by atoms with Crippen molar-refractivity contribution in [3.8, 4) is 6.07 Å². The summed E-state index contributed by atoms with van der Waals surface area (Å²) >= 11 is 0. The molecule has 1 aromatic carbocycles. The van der Waals surface area contributed by atoms with Gasteiger partial charge in [-0.1, -0.05) is 26.7 Å². The first-order chi connectivity index (χ1) is 8.65. The summed E-state index contributed by atoms with van der Waals surface area (Å²) in [5.41, 5.74) is 8.10. The van der Waals surface area contributed by atoms with Gasteiger partial charge in [-0.3, -0.25) is 0 Å². The summed E-state index contributed by atoms with van der Waals surface area (Å²) in [6, 6.07) is 7.80. The topological polar surface area (TPSA) is 53.0 Å². The van der Waals surface area contributed by atoms with Crippen molar-refractivity contribution in [3.05, 3.63) is 23.8 Å². The van der Waals surface area contributed by atoms with Crippen LogP contribution in [0, 0.1) is 17.2 Å². The highest BCUT2D eigenvalue weighted by atomic mass is 15.1. The van der Waals surface area contributed by atoms with Gasteiger partial charge in [0, 0.05) is 18.8 Å². The van der Waals surface area contributed by atoms with Gasteiger partial charge in [-0.15, -0.1) is 0 Å². The number of rotatable bonds is 6. The Bertz CT molecular complexity index is 416. The summed E-state index contributed by atoms with van der Waals surface area (Å²) in [6.07, 6.45) is 2.39. The third-order valence-corrected chi connectivity index (χ3v) is 3.54. The molecule has 0 aliphatic heterocycles. The van der Waals surface area contributed by atoms with Crippen molar-refractivity contribution in [3.63, 3.8) is 0 Å². The molecule has 0 saturated heterocycles. The highest BCUT2D eigenvalue weighted by Gasteiger charge is 2.11. The highest BCUT2D eigenvalue weighted by Crippen LogP contribution is 2.23. The summed E-state index contributed by atoms with van der Waals surface area (Å²) in [7, 11) is 0. The fourth-order valence-electron chi connectivity index (χ4n) is 2.12. The van der Waals surface area contributed by atoms with Gasteiger partial charge in [0.2, 0.25) is 0 Å². The fourth-order valence-corrected chi connectivity index (χ4v) is 2.12. The molecule has 3 nitrogen and oxygen atoms in total. The van der Waals surface area contributed by atoms with Gasteiger partial charge in [-0.2, -0.15) is 5.26 Å². The Kier molecular flexibility index (Phi) is 5.51. The van der Waals surface area contributed by atoms with Crippen molar-refractivity contribution in [1.82, 2.24) is 0 Å². The number of benzene rings is 1. The van der Waals surface area contributed by atoms with Gasteiger partial charge in [-0.25, -0.2) is 0 Å². The molecule has 18 heavy (non-hydrogen) atoms. The van der Waals surface area contributed by atoms with Gasteiger partial charge in [-0.05, 0) is 31.0 Å². The Morgan fingerprint density at radius 1 is 1.28 bits per heavy atom. The second-order valence-corrected chi connectivity index (χ2v) is 4.60. The molecule has 98 valence electrons. The molecule has 0 aliphatic carbocycles. The monoisotopic (exact) mass is 245 g/mol. The van der Waals surface area contributed by atoms with Crippen LogP contribution in [-0.4, -0.2) is 13.1 Å². The van der Waals surface area contributed by atoms with E-state index in [9.17, 15) is 0 Å². The minimum atomic E-state index is 0.553. The van der Waals surface area contributed by atoms with E-state index >= 15 is 0 Å². The first kappa shape index (κ1) is 14.4. The maximum Gasteiger partial charge on any atom is 0.101 e. The number of nitriles is 1. The molecule has 2 N–H and O–H groups in total. The van der Waals surface area contributed by atoms with Crippen LogP contribution in [0.3, 0.4) is 0 Å². The summed E-state index contributed by atoms with van der Waals surface area (Å²) in [4.78, 5) is 2.33. The second-order valence-electron chi connectivity index (χ2n) is 4.60. The fraction of sp³-hybridized carbons (Fsp3) is 0.533. The Morgan fingerprint density at radius 3 is 2.39 bits per heavy atom. The molecule has 0 aromatic heterocycles. The molecule has 0 spiro atoms. The predicted molar refractivity (Wildman–Crippen MR) is 77.5 cm³/mol. The summed E-state index contributed by atoms with van der Waals surface area (Å²) in [6.45, 7) is 8.62. The van der Waals surface area contributed by atoms with Crippen LogP contribution in [0.15, 0.2) is 18.2 Å². The van der Waals surface area contributed by atoms with Crippen LogP contribution in [0.1, 0.15) is 39.2 Å². The lowest BCUT2D eigenvalue weighted by atomic mass is 10.0. The van der Waals surface area contributed by atoms with E-state index in [1.165, 1.54) is 12.8 Å². The normalized spacial score (nSPS) is 10.4. The predicted octanol–water partition coefficient (Wildman–Crippen LogP) is 3.40. The standard InChI is InChI=1S/C15H23N3/c1-4-12(5-2)11-18(6-3)14-8-7-13(10-16)15(17)9-14/h7-9,12H,4-6,11,17H2,1-3H3. The number of nitrogens with zero attached hydrogens (tertiary/aromatic N) is 2. The van der Waals surface area contributed by atoms with Crippen LogP contribution in [0.4, 0.5) is 11.4 Å². The van der Waals surface area contributed by atoms with E-state index in [1.54, 1.807) is 6.07 Å². The Labute approximate surface area is 110 Å². The van der Waals surface area contributed by atoms with Gasteiger partial charge in [0.05, 0.1) is 11.3 Å². The number of nitrogens with two attached hydrogens (primary N) is 1. The average Bonchev–Trinajstić information content (AvgIpc) is 2.40. The van der Waals surface area contributed by atoms with Crippen molar-refractivity contribution >= 4 is 11.4 Å². The lowest BCUT2D eigenvalue weighted by molar-refractivity contribution is 0.486. The molecule has 0 unspecified atom stereocenters. The maximum absolute atomic E-state index is 8.88. The van der Waals surface area contributed by atoms with E-state index in [2.05, 4.69) is 31.7 Å². The number of nitrogen functional groups attached to an aromatic ring is 1. The van der Waals surface area contributed by atoms with Crippen molar-refractivity contribution in [2.24, 2.45) is 5.92 Å². The van der Waals surface area contributed by atoms with Crippen molar-refractivity contribution in [2.75, 3.05) is 23.7 Å². The van der Waals surface area contributed by atoms with Gasteiger partial charge in [0.25, 0.3) is 0 Å². The smallest absolute Gasteiger partial charge is 0.101 e. The molecule has 0 fully saturated rings. The van der Waals surface area contributed by atoms with Gasteiger partial charge < -0.3 is 10.6 Å². The first-order valence-electron chi connectivity index (χ1n) is 6.70. The van der Waals surface area contributed by atoms with Crippen LogP contribution in [0.5, 0.6) is 0 Å². The Morgan fingerprint density at radius 2 is 1.94 bits per heavy atom. The molecule has 1 rings (SSSR count). The third-order valence-electron chi connectivity index (χ3n) is 3.54. The van der Waals surface area contributed by atoms with Crippen molar-refractivity contribution in [1.29, 1.82) is 5.26 Å². The minimum Gasteiger partial charge on any atom is -0.398 e. The lowest BCUT2D eigenvalue weighted by Crippen LogP contribution is -2.29. The SMILES string of the molecule is CCC(CC)CN(CC)c1ccc(C#N)c(N)c1. The van der Waals surface area contributed by atoms with E-state index in [4.69, 9.17) is 11.0 Å². The zero-order valence-electron chi connectivity index (χ0n) is 11.6. The van der Waals surface area contributed by atoms with Crippen molar-refractivity contribution < 1.29 is 0 Å². The number of hydrogen-bond acceptors (Lipinski definition) is 3. The Hall–Kier alpha value is -1.69. The molecule has 0 bridgehead atoms. The molecule has 3 heteroatoms. The van der Waals surface area contributed by atoms with E-state index in [0.717, 1.165) is 18.8 Å². The Balaban J connectivity index is 2.89. The maximum atomic E-state index is 8.88. The second kappa shape index (κ2) is 6.90. The highest BCUT2D eigenvalue weighted by molar-refractivity contribution is 5.63. The number of anilines is 2. The lowest BCUT2D eigenvalue weighted by Gasteiger charge is -2.27. The zero-order chi connectivity index (χ0) is 13.5. The first-order valence-corrected chi connectivity index (χ1v) is 6.70. The van der Waals surface area contributed by atoms with Crippen molar-refractivity contribution in [2.45, 2.75) is 33.6 Å². The van der Waals surface area contributed by atoms with Crippen LogP contribution in [0.25, 0.3) is 0 Å². The van der Waals surface area contributed by atoms with E-state index in [0.29, 0.717) is 17.2 Å². The molecule has 0 radical (unpaired) electrons. The quantitative estimate of drug-likeness (QED) is 0.781. The third kappa shape index (κ3) is 3.40. The molecule has 0 heterocycles. The van der Waals surface area contributed by atoms with Crippen LogP contribution < -0.4 is 10.6 Å². The molecule has 0 saturated carbocycles. The van der Waals surface area contributed by atoms with Gasteiger partial charge in [0.15, 0.2) is 0 Å².